The Balaban J connectivity index is 1.24. The van der Waals surface area contributed by atoms with Crippen molar-refractivity contribution in [2.75, 3.05) is 53.1 Å². The molecular weight excluding hydrogens is 326 g/mol. The van der Waals surface area contributed by atoms with Crippen LogP contribution in [0, 0.1) is 5.41 Å². The Kier molecular flexibility index (Phi) is 7.32. The van der Waals surface area contributed by atoms with Crippen LogP contribution in [0.5, 0.6) is 0 Å². The number of benzene rings is 1. The molecule has 0 radical (unpaired) electrons. The van der Waals surface area contributed by atoms with E-state index in [2.05, 4.69) is 45.5 Å². The molecule has 1 N–H and O–H groups in total. The molecule has 5 nitrogen and oxygen atoms in total. The predicted molar refractivity (Wildman–Crippen MR) is 106 cm³/mol. The summed E-state index contributed by atoms with van der Waals surface area (Å²) in [4.78, 5) is 6.86. The number of hydrogen-bond acceptors (Lipinski definition) is 3. The lowest BCUT2D eigenvalue weighted by atomic mass is 9.87. The second kappa shape index (κ2) is 9.93. The number of nitrogens with zero attached hydrogens (tertiary/aromatic N) is 2. The van der Waals surface area contributed by atoms with E-state index in [0.29, 0.717) is 5.41 Å². The molecular formula is C21H33N3O2. The van der Waals surface area contributed by atoms with Crippen molar-refractivity contribution in [3.8, 4) is 0 Å². The van der Waals surface area contributed by atoms with Gasteiger partial charge in [0.15, 0.2) is 5.96 Å². The summed E-state index contributed by atoms with van der Waals surface area (Å²) < 4.78 is 11.4. The van der Waals surface area contributed by atoms with E-state index in [1.807, 2.05) is 7.05 Å². The van der Waals surface area contributed by atoms with E-state index in [1.165, 1.54) is 18.4 Å². The first-order chi connectivity index (χ1) is 12.8. The second-order valence-corrected chi connectivity index (χ2v) is 7.50. The van der Waals surface area contributed by atoms with Gasteiger partial charge in [-0.1, -0.05) is 30.3 Å². The number of likely N-dealkylation sites (tertiary alicyclic amines) is 1. The molecule has 0 bridgehead atoms. The van der Waals surface area contributed by atoms with Gasteiger partial charge in [0, 0.05) is 45.3 Å². The molecule has 2 aliphatic heterocycles. The van der Waals surface area contributed by atoms with Crippen LogP contribution in [-0.4, -0.2) is 64.0 Å². The maximum absolute atomic E-state index is 5.75. The van der Waals surface area contributed by atoms with Crippen molar-refractivity contribution < 1.29 is 9.47 Å². The number of aliphatic imine (C=N–C) groups is 1. The molecule has 1 spiro atoms. The highest BCUT2D eigenvalue weighted by molar-refractivity contribution is 5.80. The van der Waals surface area contributed by atoms with Crippen LogP contribution in [0.25, 0.3) is 0 Å². The molecule has 1 unspecified atom stereocenters. The largest absolute Gasteiger partial charge is 0.381 e. The van der Waals surface area contributed by atoms with Crippen molar-refractivity contribution in [2.45, 2.75) is 32.1 Å². The molecule has 0 aromatic heterocycles. The molecule has 2 heterocycles. The summed E-state index contributed by atoms with van der Waals surface area (Å²) in [6.45, 7) is 6.59. The zero-order valence-corrected chi connectivity index (χ0v) is 16.1. The van der Waals surface area contributed by atoms with Gasteiger partial charge in [-0.25, -0.2) is 0 Å². The fourth-order valence-electron chi connectivity index (χ4n) is 3.89. The summed E-state index contributed by atoms with van der Waals surface area (Å²) in [5.41, 5.74) is 1.72. The van der Waals surface area contributed by atoms with Crippen LogP contribution in [0.15, 0.2) is 35.3 Å². The highest BCUT2D eigenvalue weighted by Gasteiger charge is 2.42. The van der Waals surface area contributed by atoms with Crippen molar-refractivity contribution in [1.82, 2.24) is 10.2 Å². The Labute approximate surface area is 157 Å². The topological polar surface area (TPSA) is 46.1 Å². The lowest BCUT2D eigenvalue weighted by molar-refractivity contribution is 0.133. The molecule has 0 saturated carbocycles. The van der Waals surface area contributed by atoms with Gasteiger partial charge >= 0.3 is 0 Å². The first-order valence-corrected chi connectivity index (χ1v) is 9.96. The third kappa shape index (κ3) is 5.45. The second-order valence-electron chi connectivity index (χ2n) is 7.50. The van der Waals surface area contributed by atoms with E-state index >= 15 is 0 Å². The third-order valence-corrected chi connectivity index (χ3v) is 5.51. The molecule has 3 rings (SSSR count). The average Bonchev–Trinajstić information content (AvgIpc) is 3.31. The van der Waals surface area contributed by atoms with E-state index < -0.39 is 0 Å². The van der Waals surface area contributed by atoms with Gasteiger partial charge in [-0.2, -0.15) is 0 Å². The van der Waals surface area contributed by atoms with E-state index in [-0.39, 0.29) is 0 Å². The molecule has 2 aliphatic rings. The van der Waals surface area contributed by atoms with E-state index in [1.54, 1.807) is 0 Å². The van der Waals surface area contributed by atoms with Crippen LogP contribution >= 0.6 is 0 Å². The molecule has 2 saturated heterocycles. The molecule has 1 atom stereocenters. The minimum absolute atomic E-state index is 0.379. The van der Waals surface area contributed by atoms with Crippen LogP contribution < -0.4 is 5.32 Å². The number of unbranched alkanes of at least 4 members (excludes halogenated alkanes) is 1. The average molecular weight is 360 g/mol. The van der Waals surface area contributed by atoms with Crippen LogP contribution in [0.4, 0.5) is 0 Å². The Morgan fingerprint density at radius 3 is 2.88 bits per heavy atom. The van der Waals surface area contributed by atoms with Crippen molar-refractivity contribution in [1.29, 1.82) is 0 Å². The van der Waals surface area contributed by atoms with Gasteiger partial charge in [-0.3, -0.25) is 4.99 Å². The van der Waals surface area contributed by atoms with Gasteiger partial charge in [0.25, 0.3) is 0 Å². The number of nitrogens with one attached hydrogen (secondary N) is 1. The van der Waals surface area contributed by atoms with Gasteiger partial charge in [0.05, 0.1) is 13.2 Å². The molecule has 1 aromatic carbocycles. The molecule has 0 aliphatic carbocycles. The van der Waals surface area contributed by atoms with Gasteiger partial charge in [0.1, 0.15) is 0 Å². The number of guanidine groups is 1. The summed E-state index contributed by atoms with van der Waals surface area (Å²) in [5.74, 6) is 1.04. The third-order valence-electron chi connectivity index (χ3n) is 5.51. The minimum atomic E-state index is 0.379. The van der Waals surface area contributed by atoms with Crippen LogP contribution in [0.1, 0.15) is 31.2 Å². The van der Waals surface area contributed by atoms with Gasteiger partial charge in [-0.05, 0) is 37.7 Å². The molecule has 144 valence electrons. The number of rotatable bonds is 8. The van der Waals surface area contributed by atoms with Crippen molar-refractivity contribution >= 4 is 5.96 Å². The van der Waals surface area contributed by atoms with E-state index in [9.17, 15) is 0 Å². The van der Waals surface area contributed by atoms with Crippen molar-refractivity contribution in [2.24, 2.45) is 10.4 Å². The maximum atomic E-state index is 5.75. The number of ether oxygens (including phenoxy) is 2. The summed E-state index contributed by atoms with van der Waals surface area (Å²) in [7, 11) is 1.88. The smallest absolute Gasteiger partial charge is 0.193 e. The van der Waals surface area contributed by atoms with Crippen LogP contribution in [0.3, 0.4) is 0 Å². The Hall–Kier alpha value is -1.59. The van der Waals surface area contributed by atoms with Crippen molar-refractivity contribution in [3.63, 3.8) is 0 Å². The molecule has 2 fully saturated rings. The highest BCUT2D eigenvalue weighted by Crippen LogP contribution is 2.38. The monoisotopic (exact) mass is 359 g/mol. The van der Waals surface area contributed by atoms with E-state index in [0.717, 1.165) is 71.3 Å². The van der Waals surface area contributed by atoms with Crippen LogP contribution in [0.2, 0.25) is 0 Å². The normalized spacial score (nSPS) is 23.1. The quantitative estimate of drug-likeness (QED) is 0.440. The molecule has 0 amide bonds. The highest BCUT2D eigenvalue weighted by atomic mass is 16.5. The van der Waals surface area contributed by atoms with Crippen LogP contribution in [-0.2, 0) is 15.9 Å². The summed E-state index contributed by atoms with van der Waals surface area (Å²) in [5, 5.41) is 3.51. The zero-order chi connectivity index (χ0) is 18.1. The molecule has 1 aromatic rings. The number of hydrogen-bond donors (Lipinski definition) is 1. The Morgan fingerprint density at radius 2 is 2.12 bits per heavy atom. The Bertz CT molecular complexity index is 556. The first-order valence-electron chi connectivity index (χ1n) is 9.96. The summed E-state index contributed by atoms with van der Waals surface area (Å²) in [6.07, 6.45) is 5.60. The van der Waals surface area contributed by atoms with Gasteiger partial charge in [-0.15, -0.1) is 0 Å². The standard InChI is InChI=1S/C21H33N3O2/c1-22-20(24-13-10-21(17-24)11-16-26-18-21)23-12-5-6-14-25-15-9-19-7-3-2-4-8-19/h2-4,7-8H,5-6,9-18H2,1H3,(H,22,23). The van der Waals surface area contributed by atoms with Crippen molar-refractivity contribution in [3.05, 3.63) is 35.9 Å². The lowest BCUT2D eigenvalue weighted by Crippen LogP contribution is -2.41. The predicted octanol–water partition coefficient (Wildman–Crippen LogP) is 2.71. The first kappa shape index (κ1) is 19.2. The molecule has 26 heavy (non-hydrogen) atoms. The summed E-state index contributed by atoms with van der Waals surface area (Å²) in [6, 6.07) is 10.5. The molecule has 5 heteroatoms. The zero-order valence-electron chi connectivity index (χ0n) is 16.1. The van der Waals surface area contributed by atoms with E-state index in [4.69, 9.17) is 9.47 Å². The van der Waals surface area contributed by atoms with Gasteiger partial charge < -0.3 is 19.7 Å². The van der Waals surface area contributed by atoms with Gasteiger partial charge in [0.2, 0.25) is 0 Å². The summed E-state index contributed by atoms with van der Waals surface area (Å²) >= 11 is 0. The minimum Gasteiger partial charge on any atom is -0.381 e. The maximum Gasteiger partial charge on any atom is 0.193 e. The SMILES string of the molecule is CN=C(NCCCCOCCc1ccccc1)N1CCC2(CCOC2)C1. The Morgan fingerprint density at radius 1 is 1.23 bits per heavy atom. The fourth-order valence-corrected chi connectivity index (χ4v) is 3.89. The lowest BCUT2D eigenvalue weighted by Gasteiger charge is -2.24. The fraction of sp³-hybridized carbons (Fsp3) is 0.667.